The molecule has 126 valence electrons. The summed E-state index contributed by atoms with van der Waals surface area (Å²) in [7, 11) is 0. The van der Waals surface area contributed by atoms with Crippen molar-refractivity contribution >= 4 is 5.91 Å². The summed E-state index contributed by atoms with van der Waals surface area (Å²) in [6.45, 7) is 3.61. The summed E-state index contributed by atoms with van der Waals surface area (Å²) >= 11 is 0. The van der Waals surface area contributed by atoms with Crippen LogP contribution < -0.4 is 16.8 Å². The first-order valence-electron chi connectivity index (χ1n) is 8.95. The highest BCUT2D eigenvalue weighted by molar-refractivity contribution is 5.81. The average Bonchev–Trinajstić information content (AvgIpc) is 2.49. The summed E-state index contributed by atoms with van der Waals surface area (Å²) in [6, 6.07) is -0.392. The molecule has 0 fully saturated rings. The topological polar surface area (TPSA) is 81.1 Å². The average molecular weight is 300 g/mol. The van der Waals surface area contributed by atoms with Gasteiger partial charge < -0.3 is 16.8 Å². The number of rotatable bonds is 15. The van der Waals surface area contributed by atoms with Crippen molar-refractivity contribution in [1.29, 1.82) is 0 Å². The van der Waals surface area contributed by atoms with E-state index in [1.54, 1.807) is 0 Å². The molecule has 0 aliphatic heterocycles. The highest BCUT2D eigenvalue weighted by Gasteiger charge is 2.11. The maximum absolute atomic E-state index is 11.6. The fraction of sp³-hybridized carbons (Fsp3) is 0.941. The Morgan fingerprint density at radius 1 is 0.905 bits per heavy atom. The number of nitrogens with two attached hydrogens (primary N) is 2. The summed E-state index contributed by atoms with van der Waals surface area (Å²) < 4.78 is 0. The van der Waals surface area contributed by atoms with Gasteiger partial charge in [0.25, 0.3) is 0 Å². The van der Waals surface area contributed by atoms with Crippen molar-refractivity contribution in [3.8, 4) is 0 Å². The number of hydrogen-bond acceptors (Lipinski definition) is 3. The van der Waals surface area contributed by atoms with Crippen LogP contribution in [-0.2, 0) is 4.79 Å². The van der Waals surface area contributed by atoms with Crippen LogP contribution in [0.25, 0.3) is 0 Å². The highest BCUT2D eigenvalue weighted by Crippen LogP contribution is 2.10. The first-order chi connectivity index (χ1) is 10.2. The minimum absolute atomic E-state index is 0.0284. The quantitative estimate of drug-likeness (QED) is 0.406. The molecule has 0 unspecified atom stereocenters. The van der Waals surface area contributed by atoms with E-state index in [0.717, 1.165) is 19.4 Å². The monoisotopic (exact) mass is 299 g/mol. The van der Waals surface area contributed by atoms with E-state index >= 15 is 0 Å². The number of carbonyl (C=O) groups is 1. The largest absolute Gasteiger partial charge is 0.355 e. The molecule has 0 rings (SSSR count). The summed E-state index contributed by atoms with van der Waals surface area (Å²) in [4.78, 5) is 11.6. The van der Waals surface area contributed by atoms with Crippen LogP contribution >= 0.6 is 0 Å². The van der Waals surface area contributed by atoms with E-state index in [1.807, 2.05) is 0 Å². The molecule has 0 bridgehead atoms. The van der Waals surface area contributed by atoms with Gasteiger partial charge in [-0.2, -0.15) is 0 Å². The minimum Gasteiger partial charge on any atom is -0.355 e. The van der Waals surface area contributed by atoms with E-state index in [4.69, 9.17) is 11.5 Å². The Kier molecular flexibility index (Phi) is 15.3. The Bertz CT molecular complexity index is 234. The lowest BCUT2D eigenvalue weighted by Crippen LogP contribution is -2.41. The summed E-state index contributed by atoms with van der Waals surface area (Å²) in [6.07, 6.45) is 14.6. The summed E-state index contributed by atoms with van der Waals surface area (Å²) in [5.41, 5.74) is 11.2. The number of unbranched alkanes of at least 4 members (excludes halogenated alkanes) is 9. The maximum atomic E-state index is 11.6. The SMILES string of the molecule is CCCCCCCCCCCCNC(=O)[C@@H](N)CCCN. The van der Waals surface area contributed by atoms with E-state index in [1.165, 1.54) is 57.8 Å². The molecular weight excluding hydrogens is 262 g/mol. The van der Waals surface area contributed by atoms with E-state index < -0.39 is 6.04 Å². The van der Waals surface area contributed by atoms with E-state index in [0.29, 0.717) is 13.0 Å². The molecule has 0 aromatic carbocycles. The van der Waals surface area contributed by atoms with E-state index in [9.17, 15) is 4.79 Å². The van der Waals surface area contributed by atoms with Crippen LogP contribution in [0.2, 0.25) is 0 Å². The van der Waals surface area contributed by atoms with Crippen molar-refractivity contribution in [3.05, 3.63) is 0 Å². The van der Waals surface area contributed by atoms with Gasteiger partial charge in [0.2, 0.25) is 5.91 Å². The third-order valence-electron chi connectivity index (χ3n) is 3.89. The van der Waals surface area contributed by atoms with Gasteiger partial charge in [-0.1, -0.05) is 64.7 Å². The van der Waals surface area contributed by atoms with Gasteiger partial charge in [-0.25, -0.2) is 0 Å². The van der Waals surface area contributed by atoms with Crippen LogP contribution in [0.4, 0.5) is 0 Å². The maximum Gasteiger partial charge on any atom is 0.236 e. The molecule has 0 saturated carbocycles. The third kappa shape index (κ3) is 14.1. The number of carbonyl (C=O) groups excluding carboxylic acids is 1. The molecule has 0 aromatic rings. The molecule has 0 aliphatic carbocycles. The van der Waals surface area contributed by atoms with Crippen LogP contribution in [0.15, 0.2) is 0 Å². The zero-order valence-electron chi connectivity index (χ0n) is 14.0. The lowest BCUT2D eigenvalue weighted by atomic mass is 10.1. The van der Waals surface area contributed by atoms with Crippen molar-refractivity contribution in [2.24, 2.45) is 11.5 Å². The normalized spacial score (nSPS) is 12.3. The molecule has 1 amide bonds. The second-order valence-electron chi connectivity index (χ2n) is 6.01. The molecule has 0 saturated heterocycles. The fourth-order valence-electron chi connectivity index (χ4n) is 2.42. The van der Waals surface area contributed by atoms with Gasteiger partial charge in [-0.05, 0) is 25.8 Å². The standard InChI is InChI=1S/C17H37N3O/c1-2-3-4-5-6-7-8-9-10-11-15-20-17(21)16(19)13-12-14-18/h16H,2-15,18-19H2,1H3,(H,20,21)/t16-/m0/s1. The smallest absolute Gasteiger partial charge is 0.236 e. The first-order valence-corrected chi connectivity index (χ1v) is 8.95. The predicted octanol–water partition coefficient (Wildman–Crippen LogP) is 3.09. The summed E-state index contributed by atoms with van der Waals surface area (Å²) in [5, 5.41) is 2.91. The van der Waals surface area contributed by atoms with Crippen molar-refractivity contribution < 1.29 is 4.79 Å². The van der Waals surface area contributed by atoms with Crippen LogP contribution in [0.1, 0.15) is 84.0 Å². The molecular formula is C17H37N3O. The van der Waals surface area contributed by atoms with Gasteiger partial charge in [0.1, 0.15) is 0 Å². The molecule has 0 spiro atoms. The van der Waals surface area contributed by atoms with Gasteiger partial charge in [-0.3, -0.25) is 4.79 Å². The van der Waals surface area contributed by atoms with Gasteiger partial charge in [-0.15, -0.1) is 0 Å². The third-order valence-corrected chi connectivity index (χ3v) is 3.89. The van der Waals surface area contributed by atoms with Crippen molar-refractivity contribution in [3.63, 3.8) is 0 Å². The first kappa shape index (κ1) is 20.4. The van der Waals surface area contributed by atoms with E-state index in [2.05, 4.69) is 12.2 Å². The van der Waals surface area contributed by atoms with Gasteiger partial charge >= 0.3 is 0 Å². The Morgan fingerprint density at radius 2 is 1.43 bits per heavy atom. The van der Waals surface area contributed by atoms with Crippen molar-refractivity contribution in [2.75, 3.05) is 13.1 Å². The van der Waals surface area contributed by atoms with Gasteiger partial charge in [0.05, 0.1) is 6.04 Å². The van der Waals surface area contributed by atoms with Gasteiger partial charge in [0, 0.05) is 6.54 Å². The predicted molar refractivity (Wildman–Crippen MR) is 91.1 cm³/mol. The summed E-state index contributed by atoms with van der Waals surface area (Å²) in [5.74, 6) is -0.0284. The zero-order valence-corrected chi connectivity index (χ0v) is 14.0. The Labute approximate surface area is 131 Å². The van der Waals surface area contributed by atoms with Crippen LogP contribution in [0.3, 0.4) is 0 Å². The molecule has 4 heteroatoms. The number of nitrogens with one attached hydrogen (secondary N) is 1. The lowest BCUT2D eigenvalue weighted by molar-refractivity contribution is -0.122. The Balaban J connectivity index is 3.23. The second-order valence-corrected chi connectivity index (χ2v) is 6.01. The Hall–Kier alpha value is -0.610. The van der Waals surface area contributed by atoms with Crippen LogP contribution in [-0.4, -0.2) is 25.0 Å². The van der Waals surface area contributed by atoms with Crippen LogP contribution in [0.5, 0.6) is 0 Å². The molecule has 0 aromatic heterocycles. The molecule has 4 nitrogen and oxygen atoms in total. The zero-order chi connectivity index (χ0) is 15.8. The molecule has 5 N–H and O–H groups in total. The van der Waals surface area contributed by atoms with Gasteiger partial charge in [0.15, 0.2) is 0 Å². The highest BCUT2D eigenvalue weighted by atomic mass is 16.2. The van der Waals surface area contributed by atoms with E-state index in [-0.39, 0.29) is 5.91 Å². The lowest BCUT2D eigenvalue weighted by Gasteiger charge is -2.11. The fourth-order valence-corrected chi connectivity index (χ4v) is 2.42. The molecule has 0 heterocycles. The second kappa shape index (κ2) is 15.8. The minimum atomic E-state index is -0.392. The molecule has 21 heavy (non-hydrogen) atoms. The Morgan fingerprint density at radius 3 is 1.95 bits per heavy atom. The molecule has 0 radical (unpaired) electrons. The van der Waals surface area contributed by atoms with Crippen LogP contribution in [0, 0.1) is 0 Å². The molecule has 1 atom stereocenters. The van der Waals surface area contributed by atoms with Crippen molar-refractivity contribution in [2.45, 2.75) is 90.0 Å². The number of amides is 1. The number of hydrogen-bond donors (Lipinski definition) is 3. The van der Waals surface area contributed by atoms with Crippen molar-refractivity contribution in [1.82, 2.24) is 5.32 Å². The molecule has 0 aliphatic rings.